The van der Waals surface area contributed by atoms with Gasteiger partial charge in [-0.05, 0) is 41.9 Å². The van der Waals surface area contributed by atoms with Crippen molar-refractivity contribution in [3.63, 3.8) is 0 Å². The molecule has 1 heterocycles. The number of nitriles is 1. The molecule has 1 N–H and O–H groups in total. The average Bonchev–Trinajstić information content (AvgIpc) is 3.41. The highest BCUT2D eigenvalue weighted by atomic mass is 19.3. The number of fused-ring (bicyclic) bond motifs is 1. The monoisotopic (exact) mass is 442 g/mol. The zero-order chi connectivity index (χ0) is 23.2. The number of ketones is 2. The first-order valence-corrected chi connectivity index (χ1v) is 11.3. The minimum Gasteiger partial charge on any atom is -0.346 e. The van der Waals surface area contributed by atoms with Crippen LogP contribution >= 0.6 is 0 Å². The molecule has 32 heavy (non-hydrogen) atoms. The largest absolute Gasteiger partial charge is 0.346 e. The number of carbonyl (C=O) groups is 3. The predicted molar refractivity (Wildman–Crippen MR) is 113 cm³/mol. The van der Waals surface area contributed by atoms with Gasteiger partial charge in [0.15, 0.2) is 5.78 Å². The van der Waals surface area contributed by atoms with Crippen molar-refractivity contribution >= 4 is 17.5 Å². The first kappa shape index (κ1) is 22.6. The van der Waals surface area contributed by atoms with E-state index in [2.05, 4.69) is 31.3 Å². The van der Waals surface area contributed by atoms with Crippen molar-refractivity contribution in [2.45, 2.75) is 70.3 Å². The number of nitrogens with one attached hydrogen (secondary N) is 1. The lowest BCUT2D eigenvalue weighted by Gasteiger charge is -2.16. The van der Waals surface area contributed by atoms with Gasteiger partial charge in [-0.3, -0.25) is 14.4 Å². The first-order valence-electron chi connectivity index (χ1n) is 11.3. The minimum atomic E-state index is -3.04. The predicted octanol–water partition coefficient (Wildman–Crippen LogP) is 3.74. The highest BCUT2D eigenvalue weighted by molar-refractivity contribution is 5.97. The Morgan fingerprint density at radius 2 is 2.00 bits per heavy atom. The summed E-state index contributed by atoms with van der Waals surface area (Å²) in [4.78, 5) is 38.3. The number of hydrogen-bond donors (Lipinski definition) is 1. The molecule has 1 aliphatic heterocycles. The fourth-order valence-corrected chi connectivity index (χ4v) is 5.66. The Hall–Kier alpha value is -2.62. The molecule has 3 aliphatic rings. The fourth-order valence-electron chi connectivity index (χ4n) is 5.66. The third-order valence-electron chi connectivity index (χ3n) is 7.36. The zero-order valence-corrected chi connectivity index (χ0v) is 18.4. The Kier molecular flexibility index (Phi) is 5.91. The molecular weight excluding hydrogens is 414 g/mol. The summed E-state index contributed by atoms with van der Waals surface area (Å²) in [6.07, 6.45) is 0.225. The summed E-state index contributed by atoms with van der Waals surface area (Å²) in [6.45, 7) is 4.25. The summed E-state index contributed by atoms with van der Waals surface area (Å²) in [7, 11) is 0. The van der Waals surface area contributed by atoms with E-state index in [-0.39, 0.29) is 30.4 Å². The van der Waals surface area contributed by atoms with E-state index < -0.39 is 48.3 Å². The molecule has 1 aromatic carbocycles. The lowest BCUT2D eigenvalue weighted by molar-refractivity contribution is -0.129. The fraction of sp³-hybridized carbons (Fsp3) is 0.600. The molecular formula is C25H28F2N2O3. The molecule has 0 radical (unpaired) electrons. The third-order valence-corrected chi connectivity index (χ3v) is 7.36. The maximum Gasteiger partial charge on any atom is 0.250 e. The molecule has 170 valence electrons. The highest BCUT2D eigenvalue weighted by Gasteiger charge is 2.52. The summed E-state index contributed by atoms with van der Waals surface area (Å²) in [5.74, 6) is -6.48. The summed E-state index contributed by atoms with van der Waals surface area (Å²) in [6, 6.07) is 7.08. The number of Topliss-reactive ketones (excluding diaryl/α,β-unsaturated/α-hetero) is 2. The smallest absolute Gasteiger partial charge is 0.250 e. The molecule has 1 aromatic rings. The number of benzene rings is 1. The van der Waals surface area contributed by atoms with E-state index in [9.17, 15) is 23.2 Å². The topological polar surface area (TPSA) is 87.0 Å². The lowest BCUT2D eigenvalue weighted by Crippen LogP contribution is -2.38. The van der Waals surface area contributed by atoms with Crippen LogP contribution in [0.25, 0.3) is 0 Å². The van der Waals surface area contributed by atoms with Crippen molar-refractivity contribution in [1.29, 1.82) is 5.26 Å². The molecule has 5 atom stereocenters. The molecule has 7 heteroatoms. The normalized spacial score (nSPS) is 30.8. The van der Waals surface area contributed by atoms with Gasteiger partial charge in [-0.25, -0.2) is 8.78 Å². The number of carbonyl (C=O) groups excluding carboxylic acids is 3. The molecule has 1 amide bonds. The summed E-state index contributed by atoms with van der Waals surface area (Å²) >= 11 is 0. The Labute approximate surface area is 186 Å². The second-order valence-corrected chi connectivity index (χ2v) is 9.92. The summed E-state index contributed by atoms with van der Waals surface area (Å²) in [5.41, 5.74) is 3.67. The SMILES string of the molecule is CC(C)c1cccc2c1CC(C(=O)C[C@@H]1CC(C(=O)C3CC(F)(F)C[C@H]3C#N)NC1=O)C2. The highest BCUT2D eigenvalue weighted by Crippen LogP contribution is 2.44. The Bertz CT molecular complexity index is 997. The maximum atomic E-state index is 13.7. The van der Waals surface area contributed by atoms with Gasteiger partial charge >= 0.3 is 0 Å². The molecule has 0 aromatic heterocycles. The summed E-state index contributed by atoms with van der Waals surface area (Å²) < 4.78 is 27.5. The molecule has 2 fully saturated rings. The maximum absolute atomic E-state index is 13.7. The van der Waals surface area contributed by atoms with Crippen molar-refractivity contribution in [2.24, 2.45) is 23.7 Å². The van der Waals surface area contributed by atoms with Gasteiger partial charge in [-0.1, -0.05) is 32.0 Å². The number of nitrogens with zero attached hydrogens (tertiary/aromatic N) is 1. The quantitative estimate of drug-likeness (QED) is 0.727. The van der Waals surface area contributed by atoms with Gasteiger partial charge in [-0.2, -0.15) is 5.26 Å². The molecule has 1 saturated carbocycles. The van der Waals surface area contributed by atoms with Crippen LogP contribution in [0.2, 0.25) is 0 Å². The molecule has 0 bridgehead atoms. The van der Waals surface area contributed by atoms with E-state index >= 15 is 0 Å². The van der Waals surface area contributed by atoms with Gasteiger partial charge < -0.3 is 5.32 Å². The van der Waals surface area contributed by atoms with Crippen LogP contribution in [-0.2, 0) is 27.2 Å². The Morgan fingerprint density at radius 3 is 2.69 bits per heavy atom. The van der Waals surface area contributed by atoms with Crippen molar-refractivity contribution in [1.82, 2.24) is 5.32 Å². The second kappa shape index (κ2) is 8.38. The zero-order valence-electron chi connectivity index (χ0n) is 18.4. The number of rotatable bonds is 6. The van der Waals surface area contributed by atoms with Crippen LogP contribution in [0.3, 0.4) is 0 Å². The van der Waals surface area contributed by atoms with Crippen LogP contribution in [-0.4, -0.2) is 29.4 Å². The van der Waals surface area contributed by atoms with E-state index in [1.54, 1.807) is 0 Å². The minimum absolute atomic E-state index is 0.00598. The molecule has 2 aliphatic carbocycles. The van der Waals surface area contributed by atoms with Crippen LogP contribution in [0, 0.1) is 35.0 Å². The number of amides is 1. The standard InChI is InChI=1S/C25H28F2N2O3/c1-13(2)18-5-3-4-14-6-15(7-19(14)18)22(30)9-16-8-21(29-24(16)32)23(31)20-11-25(26,27)10-17(20)12-28/h3-5,13,15-17,20-21H,6-11H2,1-2H3,(H,29,32)/t15?,16-,17-,20?,21?/m0/s1. The van der Waals surface area contributed by atoms with Gasteiger partial charge in [0.1, 0.15) is 5.78 Å². The van der Waals surface area contributed by atoms with E-state index in [0.717, 1.165) is 0 Å². The second-order valence-electron chi connectivity index (χ2n) is 9.92. The van der Waals surface area contributed by atoms with Gasteiger partial charge in [-0.15, -0.1) is 0 Å². The number of halogens is 2. The number of hydrogen-bond acceptors (Lipinski definition) is 4. The molecule has 5 nitrogen and oxygen atoms in total. The van der Waals surface area contributed by atoms with Gasteiger partial charge in [0, 0.05) is 37.0 Å². The van der Waals surface area contributed by atoms with Crippen LogP contribution in [0.4, 0.5) is 8.78 Å². The molecule has 1 saturated heterocycles. The van der Waals surface area contributed by atoms with Gasteiger partial charge in [0.05, 0.1) is 18.0 Å². The Morgan fingerprint density at radius 1 is 1.25 bits per heavy atom. The van der Waals surface area contributed by atoms with Crippen molar-refractivity contribution in [3.8, 4) is 6.07 Å². The Balaban J connectivity index is 1.38. The van der Waals surface area contributed by atoms with Crippen molar-refractivity contribution < 1.29 is 23.2 Å². The van der Waals surface area contributed by atoms with Crippen LogP contribution in [0.15, 0.2) is 18.2 Å². The van der Waals surface area contributed by atoms with Gasteiger partial charge in [0.25, 0.3) is 0 Å². The van der Waals surface area contributed by atoms with Crippen LogP contribution < -0.4 is 5.32 Å². The van der Waals surface area contributed by atoms with Crippen molar-refractivity contribution in [3.05, 3.63) is 34.9 Å². The van der Waals surface area contributed by atoms with E-state index in [1.807, 2.05) is 12.1 Å². The average molecular weight is 443 g/mol. The summed E-state index contributed by atoms with van der Waals surface area (Å²) in [5, 5.41) is 11.8. The molecule has 3 unspecified atom stereocenters. The van der Waals surface area contributed by atoms with E-state index in [0.29, 0.717) is 18.8 Å². The molecule has 4 rings (SSSR count). The molecule has 0 spiro atoms. The number of alkyl halides is 2. The first-order chi connectivity index (χ1) is 15.1. The third kappa shape index (κ3) is 4.20. The van der Waals surface area contributed by atoms with Crippen LogP contribution in [0.1, 0.15) is 62.1 Å². The lowest BCUT2D eigenvalue weighted by atomic mass is 9.86. The van der Waals surface area contributed by atoms with Crippen LogP contribution in [0.5, 0.6) is 0 Å². The van der Waals surface area contributed by atoms with Gasteiger partial charge in [0.2, 0.25) is 11.8 Å². The van der Waals surface area contributed by atoms with Crippen molar-refractivity contribution in [2.75, 3.05) is 0 Å². The van der Waals surface area contributed by atoms with E-state index in [4.69, 9.17) is 5.26 Å². The van der Waals surface area contributed by atoms with E-state index in [1.165, 1.54) is 16.7 Å².